The van der Waals surface area contributed by atoms with Crippen LogP contribution in [0.2, 0.25) is 0 Å². The molecule has 1 saturated heterocycles. The van der Waals surface area contributed by atoms with Crippen LogP contribution < -0.4 is 29.6 Å². The number of aliphatic hydroxyl groups is 3. The van der Waals surface area contributed by atoms with Gasteiger partial charge in [-0.2, -0.15) is 0 Å². The van der Waals surface area contributed by atoms with Crippen LogP contribution in [0.25, 0.3) is 0 Å². The van der Waals surface area contributed by atoms with E-state index in [1.807, 2.05) is 0 Å². The first-order valence-electron chi connectivity index (χ1n) is 3.79. The van der Waals surface area contributed by atoms with Gasteiger partial charge in [0, 0.05) is 0 Å². The Morgan fingerprint density at radius 3 is 2.00 bits per heavy atom. The number of carboxylic acid groups (broad SMARTS) is 1. The number of aliphatic carboxylic acids is 1. The monoisotopic (exact) mass is 392 g/mol. The minimum Gasteiger partial charge on any atom is 1.00 e. The molecule has 18 heavy (non-hydrogen) atoms. The molecular formula is C6H16NaO10Sb+. The Labute approximate surface area is 136 Å². The van der Waals surface area contributed by atoms with Crippen LogP contribution in [0.1, 0.15) is 0 Å². The van der Waals surface area contributed by atoms with Gasteiger partial charge in [0.1, 0.15) is 0 Å². The molecule has 4 atom stereocenters. The maximum atomic E-state index is 10.4. The molecule has 1 aliphatic heterocycles. The van der Waals surface area contributed by atoms with E-state index in [-0.39, 0.29) is 46.0 Å². The first-order chi connectivity index (χ1) is 6.57. The molecule has 0 saturated carbocycles. The van der Waals surface area contributed by atoms with E-state index in [0.29, 0.717) is 0 Å². The van der Waals surface area contributed by atoms with E-state index in [1.54, 1.807) is 0 Å². The normalized spacial score (nSPS) is 24.4. The maximum absolute atomic E-state index is 10.4. The van der Waals surface area contributed by atoms with Crippen LogP contribution >= 0.6 is 0 Å². The van der Waals surface area contributed by atoms with Gasteiger partial charge in [0.2, 0.25) is 0 Å². The molecule has 1 heterocycles. The molecule has 1 fully saturated rings. The Balaban J connectivity index is -0.000000245. The molecule has 0 aromatic rings. The van der Waals surface area contributed by atoms with Crippen molar-refractivity contribution in [3.05, 3.63) is 0 Å². The van der Waals surface area contributed by atoms with E-state index in [1.165, 1.54) is 0 Å². The Morgan fingerprint density at radius 2 is 1.61 bits per heavy atom. The quantitative estimate of drug-likeness (QED) is 0.338. The van der Waals surface area contributed by atoms with Crippen molar-refractivity contribution in [1.29, 1.82) is 0 Å². The van der Waals surface area contributed by atoms with Gasteiger partial charge in [-0.25, -0.2) is 0 Å². The van der Waals surface area contributed by atoms with Gasteiger partial charge >= 0.3 is 120 Å². The second-order valence-electron chi connectivity index (χ2n) is 2.75. The Hall–Kier alpha value is 0.968. The van der Waals surface area contributed by atoms with Crippen LogP contribution in [-0.4, -0.2) is 96.3 Å². The van der Waals surface area contributed by atoms with E-state index < -0.39 is 59.4 Å². The Morgan fingerprint density at radius 1 is 1.17 bits per heavy atom. The minimum absolute atomic E-state index is 0. The summed E-state index contributed by atoms with van der Waals surface area (Å²) < 4.78 is 9.92. The molecule has 10 N–H and O–H groups in total. The number of aliphatic hydroxyl groups excluding tert-OH is 3. The van der Waals surface area contributed by atoms with Crippen molar-refractivity contribution in [2.24, 2.45) is 0 Å². The summed E-state index contributed by atoms with van der Waals surface area (Å²) in [6.07, 6.45) is -5.01. The van der Waals surface area contributed by atoms with Crippen molar-refractivity contribution in [3.63, 3.8) is 0 Å². The molecule has 0 spiro atoms. The van der Waals surface area contributed by atoms with E-state index >= 15 is 0 Å². The first kappa shape index (κ1) is 27.3. The second kappa shape index (κ2) is 13.0. The zero-order valence-electron chi connectivity index (χ0n) is 9.48. The van der Waals surface area contributed by atoms with E-state index in [4.69, 9.17) is 21.4 Å². The molecule has 1 aliphatic rings. The SMILES string of the molecule is O.O.O.O=C(O)C(O)C1[O][Sb][O]C1C(O)CO.[Na+]. The van der Waals surface area contributed by atoms with Crippen molar-refractivity contribution in [3.8, 4) is 0 Å². The van der Waals surface area contributed by atoms with Gasteiger partial charge in [0.25, 0.3) is 0 Å². The smallest absolute Gasteiger partial charge is 1.00 e. The molecule has 1 rings (SSSR count). The molecule has 4 unspecified atom stereocenters. The minimum atomic E-state index is -1.74. The molecule has 0 aliphatic carbocycles. The topological polar surface area (TPSA) is 211 Å². The number of hydrogen-bond acceptors (Lipinski definition) is 6. The number of rotatable bonds is 4. The third kappa shape index (κ3) is 6.94. The van der Waals surface area contributed by atoms with Gasteiger partial charge in [-0.05, 0) is 0 Å². The van der Waals surface area contributed by atoms with Crippen molar-refractivity contribution in [1.82, 2.24) is 0 Å². The van der Waals surface area contributed by atoms with Crippen molar-refractivity contribution >= 4 is 28.4 Å². The summed E-state index contributed by atoms with van der Waals surface area (Å²) in [7, 11) is 0. The Kier molecular flexibility index (Phi) is 19.7. The average molecular weight is 393 g/mol. The van der Waals surface area contributed by atoms with E-state index in [9.17, 15) is 9.90 Å². The van der Waals surface area contributed by atoms with Crippen molar-refractivity contribution < 1.29 is 77.2 Å². The second-order valence-corrected chi connectivity index (χ2v) is 4.38. The summed E-state index contributed by atoms with van der Waals surface area (Å²) in [6, 6.07) is 0. The fraction of sp³-hybridized carbons (Fsp3) is 0.833. The fourth-order valence-corrected chi connectivity index (χ4v) is 3.14. The van der Waals surface area contributed by atoms with Crippen LogP contribution in [0.4, 0.5) is 0 Å². The predicted molar refractivity (Wildman–Crippen MR) is 53.1 cm³/mol. The molecular weight excluding hydrogens is 377 g/mol. The van der Waals surface area contributed by atoms with Crippen molar-refractivity contribution in [2.75, 3.05) is 6.61 Å². The largest absolute Gasteiger partial charge is 1.00 e. The molecule has 0 aromatic heterocycles. The zero-order valence-corrected chi connectivity index (χ0v) is 14.0. The zero-order chi connectivity index (χ0) is 10.7. The third-order valence-electron chi connectivity index (χ3n) is 1.78. The number of carboxylic acids is 1. The molecule has 0 amide bonds. The molecule has 10 nitrogen and oxygen atoms in total. The van der Waals surface area contributed by atoms with Gasteiger partial charge in [0.15, 0.2) is 0 Å². The standard InChI is InChI=1S/C6H10O7.Na.3H2O.Sb/c7-1-2(8)3(9)4(10)5(11)6(12)13;;;;;/h2-5,7-8,11H,1H2,(H,12,13);;3*1H2;/q-2;+1;;;;+2. The predicted octanol–water partition coefficient (Wildman–Crippen LogP) is -8.37. The number of hydrogen-bond donors (Lipinski definition) is 4. The van der Waals surface area contributed by atoms with Gasteiger partial charge in [-0.1, -0.05) is 0 Å². The van der Waals surface area contributed by atoms with Gasteiger partial charge < -0.3 is 16.4 Å². The first-order valence-corrected chi connectivity index (χ1v) is 5.88. The van der Waals surface area contributed by atoms with E-state index in [2.05, 4.69) is 0 Å². The maximum Gasteiger partial charge on any atom is 1.00 e. The van der Waals surface area contributed by atoms with Gasteiger partial charge in [-0.3, -0.25) is 0 Å². The molecule has 0 bridgehead atoms. The summed E-state index contributed by atoms with van der Waals surface area (Å²) in [5.74, 6) is -1.44. The fourth-order valence-electron chi connectivity index (χ4n) is 1.02. The van der Waals surface area contributed by atoms with Crippen LogP contribution in [0.15, 0.2) is 0 Å². The van der Waals surface area contributed by atoms with Crippen LogP contribution in [0.3, 0.4) is 0 Å². The Bertz CT molecular complexity index is 219. The molecule has 105 valence electrons. The van der Waals surface area contributed by atoms with Gasteiger partial charge in [-0.15, -0.1) is 0 Å². The third-order valence-corrected chi connectivity index (χ3v) is 3.66. The number of carbonyl (C=O) groups is 1. The van der Waals surface area contributed by atoms with Crippen LogP contribution in [-0.2, 0) is 10.8 Å². The summed E-state index contributed by atoms with van der Waals surface area (Å²) in [4.78, 5) is 10.4. The molecule has 12 heteroatoms. The van der Waals surface area contributed by atoms with Crippen molar-refractivity contribution in [2.45, 2.75) is 24.4 Å². The van der Waals surface area contributed by atoms with E-state index in [0.717, 1.165) is 0 Å². The van der Waals surface area contributed by atoms with Gasteiger partial charge in [0.05, 0.1) is 0 Å². The summed E-state index contributed by atoms with van der Waals surface area (Å²) in [6.45, 7) is -0.562. The average Bonchev–Trinajstić information content (AvgIpc) is 2.63. The summed E-state index contributed by atoms with van der Waals surface area (Å²) in [5.41, 5.74) is 0. The molecule has 1 radical (unpaired) electrons. The summed E-state index contributed by atoms with van der Waals surface area (Å²) >= 11 is -1.47. The summed E-state index contributed by atoms with van der Waals surface area (Å²) in [5, 5.41) is 35.5. The molecule has 0 aromatic carbocycles. The van der Waals surface area contributed by atoms with Crippen LogP contribution in [0.5, 0.6) is 0 Å². The van der Waals surface area contributed by atoms with Crippen LogP contribution in [0, 0.1) is 0 Å².